The Kier molecular flexibility index (Phi) is 6.18. The van der Waals surface area contributed by atoms with Gasteiger partial charge in [-0.1, -0.05) is 154 Å². The van der Waals surface area contributed by atoms with E-state index in [4.69, 9.17) is 0 Å². The zero-order valence-electron chi connectivity index (χ0n) is 27.4. The summed E-state index contributed by atoms with van der Waals surface area (Å²) in [6.45, 7) is 10.1. The second-order valence-electron chi connectivity index (χ2n) is 14.2. The lowest BCUT2D eigenvalue weighted by Crippen LogP contribution is -2.51. The minimum absolute atomic E-state index is 1.22. The first kappa shape index (κ1) is 28.3. The first-order valence-corrected chi connectivity index (χ1v) is 22.7. The Bertz CT molecular complexity index is 2380. The van der Waals surface area contributed by atoms with Gasteiger partial charge in [0.25, 0.3) is 0 Å². The molecule has 0 saturated heterocycles. The number of anilines is 3. The normalized spacial score (nSPS) is 14.7. The van der Waals surface area contributed by atoms with Crippen LogP contribution in [-0.2, 0) is 0 Å². The molecule has 9 rings (SSSR count). The molecule has 47 heavy (non-hydrogen) atoms. The average Bonchev–Trinajstić information content (AvgIpc) is 3.48. The molecule has 0 amide bonds. The van der Waals surface area contributed by atoms with Gasteiger partial charge in [0.05, 0.1) is 5.69 Å². The molecule has 2 aliphatic heterocycles. The predicted octanol–water partition coefficient (Wildman–Crippen LogP) is 9.58. The Morgan fingerprint density at radius 1 is 0.383 bits per heavy atom. The van der Waals surface area contributed by atoms with Gasteiger partial charge in [-0.2, -0.15) is 0 Å². The van der Waals surface area contributed by atoms with Crippen molar-refractivity contribution >= 4 is 64.7 Å². The number of fused-ring (bicyclic) bond motifs is 7. The lowest BCUT2D eigenvalue weighted by Gasteiger charge is -2.33. The quantitative estimate of drug-likeness (QED) is 0.174. The molecular formula is C44H37NSi2. The monoisotopic (exact) mass is 635 g/mol. The van der Waals surface area contributed by atoms with Crippen LogP contribution in [0.1, 0.15) is 0 Å². The molecule has 0 radical (unpaired) electrons. The molecule has 2 aliphatic rings. The van der Waals surface area contributed by atoms with Crippen molar-refractivity contribution in [2.24, 2.45) is 0 Å². The maximum Gasteiger partial charge on any atom is 0.116 e. The second kappa shape index (κ2) is 10.3. The second-order valence-corrected chi connectivity index (χ2v) is 22.8. The fourth-order valence-corrected chi connectivity index (χ4v) is 15.1. The average molecular weight is 636 g/mol. The highest BCUT2D eigenvalue weighted by molar-refractivity contribution is 7.05. The number of benzene rings is 7. The van der Waals surface area contributed by atoms with Crippen LogP contribution in [0.3, 0.4) is 0 Å². The van der Waals surface area contributed by atoms with E-state index < -0.39 is 16.1 Å². The molecule has 0 bridgehead atoms. The van der Waals surface area contributed by atoms with Crippen LogP contribution >= 0.6 is 0 Å². The van der Waals surface area contributed by atoms with Crippen LogP contribution in [0.15, 0.2) is 152 Å². The summed E-state index contributed by atoms with van der Waals surface area (Å²) < 4.78 is 0. The van der Waals surface area contributed by atoms with Gasteiger partial charge in [-0.15, -0.1) is 0 Å². The minimum Gasteiger partial charge on any atom is -0.310 e. The minimum atomic E-state index is -2.03. The van der Waals surface area contributed by atoms with E-state index in [1.165, 1.54) is 76.8 Å². The molecular weight excluding hydrogens is 599 g/mol. The van der Waals surface area contributed by atoms with Crippen LogP contribution in [0.2, 0.25) is 26.2 Å². The van der Waals surface area contributed by atoms with Gasteiger partial charge in [0.1, 0.15) is 16.1 Å². The SMILES string of the molecule is C[Si]1(C)c2ccccc2-c2ccc(N(c3ccccc3-c3cccc4ccccc34)c3cccc4c3[Si](C)(C)c3ccccc3-4)cc21. The van der Waals surface area contributed by atoms with E-state index in [1.54, 1.807) is 5.19 Å². The zero-order chi connectivity index (χ0) is 31.9. The molecule has 0 aliphatic carbocycles. The van der Waals surface area contributed by atoms with Gasteiger partial charge in [-0.3, -0.25) is 0 Å². The third-order valence-electron chi connectivity index (χ3n) is 10.8. The molecule has 226 valence electrons. The Balaban J connectivity index is 1.34. The highest BCUT2D eigenvalue weighted by Gasteiger charge is 2.42. The largest absolute Gasteiger partial charge is 0.310 e. The van der Waals surface area contributed by atoms with Crippen LogP contribution in [0.25, 0.3) is 44.2 Å². The van der Waals surface area contributed by atoms with Gasteiger partial charge >= 0.3 is 0 Å². The summed E-state index contributed by atoms with van der Waals surface area (Å²) in [4.78, 5) is 2.60. The number of hydrogen-bond acceptors (Lipinski definition) is 1. The molecule has 7 aromatic carbocycles. The van der Waals surface area contributed by atoms with E-state index in [2.05, 4.69) is 183 Å². The molecule has 0 unspecified atom stereocenters. The molecule has 0 spiro atoms. The van der Waals surface area contributed by atoms with E-state index >= 15 is 0 Å². The van der Waals surface area contributed by atoms with Crippen molar-refractivity contribution in [2.75, 3.05) is 4.90 Å². The Morgan fingerprint density at radius 3 is 1.72 bits per heavy atom. The van der Waals surface area contributed by atoms with E-state index in [1.807, 2.05) is 0 Å². The maximum absolute atomic E-state index is 2.60. The van der Waals surface area contributed by atoms with Gasteiger partial charge in [-0.25, -0.2) is 0 Å². The standard InChI is InChI=1S/C44H37NSi2/c1-46(2)41-25-11-8-19-35(41)37-28-27-31(29-43(37)46)45(40-24-14-22-38-36-20-9-12-26-42(36)47(3,4)44(38)40)39-23-10-7-18-34(39)33-21-13-16-30-15-5-6-17-32(30)33/h5-29H,1-4H3. The van der Waals surface area contributed by atoms with Gasteiger partial charge in [0, 0.05) is 16.9 Å². The first-order valence-electron chi connectivity index (χ1n) is 16.7. The summed E-state index contributed by atoms with van der Waals surface area (Å²) >= 11 is 0. The van der Waals surface area contributed by atoms with Crippen molar-refractivity contribution in [3.63, 3.8) is 0 Å². The van der Waals surface area contributed by atoms with Crippen LogP contribution in [0.4, 0.5) is 17.1 Å². The Labute approximate surface area is 279 Å². The molecule has 2 heterocycles. The van der Waals surface area contributed by atoms with Crippen molar-refractivity contribution in [1.82, 2.24) is 0 Å². The summed E-state index contributed by atoms with van der Waals surface area (Å²) in [6, 6.07) is 57.1. The van der Waals surface area contributed by atoms with Crippen LogP contribution < -0.4 is 25.6 Å². The molecule has 0 N–H and O–H groups in total. The van der Waals surface area contributed by atoms with Crippen molar-refractivity contribution in [3.8, 4) is 33.4 Å². The highest BCUT2D eigenvalue weighted by atomic mass is 28.3. The molecule has 1 nitrogen and oxygen atoms in total. The summed E-state index contributed by atoms with van der Waals surface area (Å²) in [6.07, 6.45) is 0. The highest BCUT2D eigenvalue weighted by Crippen LogP contribution is 2.45. The zero-order valence-corrected chi connectivity index (χ0v) is 29.4. The molecule has 0 atom stereocenters. The number of hydrogen-bond donors (Lipinski definition) is 0. The van der Waals surface area contributed by atoms with Crippen molar-refractivity contribution in [3.05, 3.63) is 152 Å². The summed E-state index contributed by atoms with van der Waals surface area (Å²) in [5, 5.41) is 8.66. The van der Waals surface area contributed by atoms with Crippen LogP contribution in [-0.4, -0.2) is 16.1 Å². The van der Waals surface area contributed by atoms with Crippen molar-refractivity contribution in [1.29, 1.82) is 0 Å². The van der Waals surface area contributed by atoms with E-state index in [0.29, 0.717) is 0 Å². The van der Waals surface area contributed by atoms with Crippen molar-refractivity contribution in [2.45, 2.75) is 26.2 Å². The molecule has 0 aromatic heterocycles. The smallest absolute Gasteiger partial charge is 0.116 e. The number of rotatable bonds is 4. The van der Waals surface area contributed by atoms with Crippen LogP contribution in [0.5, 0.6) is 0 Å². The predicted molar refractivity (Wildman–Crippen MR) is 208 cm³/mol. The van der Waals surface area contributed by atoms with Crippen LogP contribution in [0, 0.1) is 0 Å². The molecule has 3 heteroatoms. The Morgan fingerprint density at radius 2 is 0.915 bits per heavy atom. The van der Waals surface area contributed by atoms with E-state index in [-0.39, 0.29) is 0 Å². The van der Waals surface area contributed by atoms with Gasteiger partial charge < -0.3 is 4.90 Å². The molecule has 0 saturated carbocycles. The summed E-state index contributed by atoms with van der Waals surface area (Å²) in [5.41, 5.74) is 11.9. The summed E-state index contributed by atoms with van der Waals surface area (Å²) in [7, 11) is -3.92. The third-order valence-corrected chi connectivity index (χ3v) is 18.0. The fraction of sp³-hybridized carbons (Fsp3) is 0.0909. The van der Waals surface area contributed by atoms with E-state index in [0.717, 1.165) is 0 Å². The lowest BCUT2D eigenvalue weighted by atomic mass is 9.95. The fourth-order valence-electron chi connectivity index (χ4n) is 8.60. The van der Waals surface area contributed by atoms with Gasteiger partial charge in [-0.05, 0) is 83.6 Å². The number of nitrogens with zero attached hydrogens (tertiary/aromatic N) is 1. The van der Waals surface area contributed by atoms with Gasteiger partial charge in [0.2, 0.25) is 0 Å². The van der Waals surface area contributed by atoms with E-state index in [9.17, 15) is 0 Å². The molecule has 7 aromatic rings. The first-order chi connectivity index (χ1) is 22.9. The third kappa shape index (κ3) is 4.06. The maximum atomic E-state index is 2.60. The lowest BCUT2D eigenvalue weighted by molar-refractivity contribution is 1.30. The Hall–Kier alpha value is -4.97. The molecule has 0 fully saturated rings. The van der Waals surface area contributed by atoms with Gasteiger partial charge in [0.15, 0.2) is 0 Å². The van der Waals surface area contributed by atoms with Crippen molar-refractivity contribution < 1.29 is 0 Å². The summed E-state index contributed by atoms with van der Waals surface area (Å²) in [5.74, 6) is 0. The number of para-hydroxylation sites is 1. The topological polar surface area (TPSA) is 3.24 Å².